The number of hydrogen-bond acceptors (Lipinski definition) is 10. The van der Waals surface area contributed by atoms with Crippen LogP contribution in [0.1, 0.15) is 71.3 Å². The van der Waals surface area contributed by atoms with Crippen LogP contribution in [0.4, 0.5) is 5.82 Å². The monoisotopic (exact) mass is 735 g/mol. The number of ether oxygens (including phenoxy) is 2. The molecule has 280 valence electrons. The number of rotatable bonds is 7. The van der Waals surface area contributed by atoms with Gasteiger partial charge >= 0.3 is 5.97 Å². The number of allylic oxidation sites excluding steroid dienone is 1. The summed E-state index contributed by atoms with van der Waals surface area (Å²) < 4.78 is 39.8. The highest BCUT2D eigenvalue weighted by molar-refractivity contribution is 7.91. The Morgan fingerprint density at radius 2 is 1.90 bits per heavy atom. The summed E-state index contributed by atoms with van der Waals surface area (Å²) in [5.41, 5.74) is -1.29. The average Bonchev–Trinajstić information content (AvgIpc) is 4.00. The van der Waals surface area contributed by atoms with Gasteiger partial charge in [-0.2, -0.15) is 4.98 Å². The van der Waals surface area contributed by atoms with Crippen molar-refractivity contribution in [2.45, 2.75) is 88.7 Å². The molecule has 1 saturated heterocycles. The molecule has 14 heteroatoms. The first-order chi connectivity index (χ1) is 24.5. The molecule has 0 spiro atoms. The standard InChI is InChI=1S/C38H49N5O8S/c1-7-25-21-38(25,36(47)41-52(48,49)27-14-15-27)40-33(45)30-19-26-22-43(30)35(46)29(37(2,3)4)20-32(44)50-16-10-8-9-11-23-12-13-24-18-31(42(5)6)39-34(51-26)28(24)17-23/h7,9,11-13,17-18,25-27,29-30H,1,8,10,14-16,19-22H2,2-6H3,(H,40,45)(H,41,47)/b11-9+/t25-,26-,29-,30+,38-/m1/s1. The molecule has 3 heterocycles. The molecule has 1 aromatic heterocycles. The maximum absolute atomic E-state index is 14.6. The van der Waals surface area contributed by atoms with E-state index in [2.05, 4.69) is 16.6 Å². The molecule has 2 aliphatic carbocycles. The Hall–Kier alpha value is -4.46. The number of esters is 1. The highest BCUT2D eigenvalue weighted by Gasteiger charge is 2.62. The van der Waals surface area contributed by atoms with Gasteiger partial charge in [0.1, 0.15) is 23.5 Å². The highest BCUT2D eigenvalue weighted by Crippen LogP contribution is 2.46. The Bertz CT molecular complexity index is 1920. The molecule has 2 aliphatic heterocycles. The Balaban J connectivity index is 1.37. The second-order valence-corrected chi connectivity index (χ2v) is 17.7. The summed E-state index contributed by atoms with van der Waals surface area (Å²) in [7, 11) is -0.130. The van der Waals surface area contributed by atoms with Crippen LogP contribution in [0.3, 0.4) is 0 Å². The van der Waals surface area contributed by atoms with E-state index in [0.29, 0.717) is 37.4 Å². The van der Waals surface area contributed by atoms with Gasteiger partial charge in [-0.05, 0) is 60.6 Å². The van der Waals surface area contributed by atoms with Gasteiger partial charge in [-0.1, -0.05) is 51.1 Å². The van der Waals surface area contributed by atoms with Gasteiger partial charge in [-0.15, -0.1) is 6.58 Å². The molecule has 4 bridgehead atoms. The Kier molecular flexibility index (Phi) is 10.2. The second-order valence-electron chi connectivity index (χ2n) is 15.7. The number of sulfonamides is 1. The van der Waals surface area contributed by atoms with Crippen molar-refractivity contribution in [2.75, 3.05) is 32.1 Å². The molecule has 5 atom stereocenters. The number of carbonyl (C=O) groups excluding carboxylic acids is 4. The number of benzene rings is 1. The smallest absolute Gasteiger partial charge is 0.306 e. The van der Waals surface area contributed by atoms with Crippen LogP contribution in [0.5, 0.6) is 5.88 Å². The topological polar surface area (TPSA) is 164 Å². The van der Waals surface area contributed by atoms with Crippen molar-refractivity contribution in [2.24, 2.45) is 17.3 Å². The van der Waals surface area contributed by atoms with Crippen molar-refractivity contribution in [1.82, 2.24) is 19.9 Å². The molecule has 1 aromatic carbocycles. The van der Waals surface area contributed by atoms with Crippen LogP contribution in [0.25, 0.3) is 16.8 Å². The SMILES string of the molecule is C=C[C@@H]1C[C@]1(NC(=O)[C@@H]1C[C@@H]2CN1C(=O)[C@H](C(C)(C)C)CC(=O)OCCC/C=C/c1ccc3cc(N(C)C)nc(c3c1)O2)C(=O)NS(=O)(=O)C1CC1. The summed E-state index contributed by atoms with van der Waals surface area (Å²) in [5, 5.41) is 3.86. The fourth-order valence-corrected chi connectivity index (χ4v) is 8.36. The van der Waals surface area contributed by atoms with Crippen LogP contribution in [0.15, 0.2) is 43.0 Å². The minimum absolute atomic E-state index is 0.00759. The summed E-state index contributed by atoms with van der Waals surface area (Å²) in [5.74, 6) is -2.71. The van der Waals surface area contributed by atoms with Gasteiger partial charge in [0.2, 0.25) is 27.7 Å². The summed E-state index contributed by atoms with van der Waals surface area (Å²) in [6.07, 6.45) is 7.10. The maximum Gasteiger partial charge on any atom is 0.306 e. The highest BCUT2D eigenvalue weighted by atomic mass is 32.2. The first-order valence-corrected chi connectivity index (χ1v) is 19.5. The molecule has 2 N–H and O–H groups in total. The molecular weight excluding hydrogens is 687 g/mol. The van der Waals surface area contributed by atoms with Gasteiger partial charge in [0.25, 0.3) is 5.91 Å². The lowest BCUT2D eigenvalue weighted by Gasteiger charge is -2.35. The van der Waals surface area contributed by atoms with Gasteiger partial charge < -0.3 is 24.6 Å². The molecule has 6 rings (SSSR count). The minimum Gasteiger partial charge on any atom is -0.472 e. The maximum atomic E-state index is 14.6. The number of amides is 3. The number of fused-ring (bicyclic) bond motifs is 3. The zero-order chi connectivity index (χ0) is 37.6. The van der Waals surface area contributed by atoms with Crippen molar-refractivity contribution in [3.05, 3.63) is 48.6 Å². The van der Waals surface area contributed by atoms with E-state index in [9.17, 15) is 27.6 Å². The summed E-state index contributed by atoms with van der Waals surface area (Å²) in [4.78, 5) is 63.6. The van der Waals surface area contributed by atoms with E-state index < -0.39 is 73.9 Å². The van der Waals surface area contributed by atoms with Crippen LogP contribution >= 0.6 is 0 Å². The lowest BCUT2D eigenvalue weighted by Crippen LogP contribution is -2.57. The summed E-state index contributed by atoms with van der Waals surface area (Å²) in [6, 6.07) is 6.84. The molecule has 3 amide bonds. The largest absolute Gasteiger partial charge is 0.472 e. The Morgan fingerprint density at radius 1 is 1.15 bits per heavy atom. The molecule has 52 heavy (non-hydrogen) atoms. The first-order valence-electron chi connectivity index (χ1n) is 17.9. The normalized spacial score (nSPS) is 27.5. The van der Waals surface area contributed by atoms with Crippen LogP contribution in [-0.4, -0.2) is 92.2 Å². The fraction of sp³-hybridized carbons (Fsp3) is 0.553. The van der Waals surface area contributed by atoms with Crippen molar-refractivity contribution in [3.8, 4) is 5.88 Å². The van der Waals surface area contributed by atoms with Crippen LogP contribution in [-0.2, 0) is 33.9 Å². The first kappa shape index (κ1) is 37.3. The third-order valence-corrected chi connectivity index (χ3v) is 12.3. The van der Waals surface area contributed by atoms with E-state index in [-0.39, 0.29) is 32.4 Å². The van der Waals surface area contributed by atoms with Gasteiger partial charge in [0, 0.05) is 31.8 Å². The number of nitrogens with one attached hydrogen (secondary N) is 2. The van der Waals surface area contributed by atoms with Gasteiger partial charge in [0.05, 0.1) is 30.7 Å². The number of cyclic esters (lactones) is 1. The molecular formula is C38H49N5O8S. The lowest BCUT2D eigenvalue weighted by molar-refractivity contribution is -0.153. The zero-order valence-electron chi connectivity index (χ0n) is 30.5. The molecule has 2 aromatic rings. The van der Waals surface area contributed by atoms with E-state index in [4.69, 9.17) is 14.5 Å². The molecule has 3 fully saturated rings. The van der Waals surface area contributed by atoms with Crippen molar-refractivity contribution in [3.63, 3.8) is 0 Å². The molecule has 0 radical (unpaired) electrons. The summed E-state index contributed by atoms with van der Waals surface area (Å²) in [6.45, 7) is 9.57. The second kappa shape index (κ2) is 14.2. The van der Waals surface area contributed by atoms with Crippen LogP contribution in [0, 0.1) is 17.3 Å². The third kappa shape index (κ3) is 7.81. The molecule has 2 saturated carbocycles. The van der Waals surface area contributed by atoms with Crippen molar-refractivity contribution < 1.29 is 37.1 Å². The molecule has 4 aliphatic rings. The summed E-state index contributed by atoms with van der Waals surface area (Å²) >= 11 is 0. The van der Waals surface area contributed by atoms with E-state index in [1.807, 2.05) is 76.2 Å². The number of pyridine rings is 1. The van der Waals surface area contributed by atoms with E-state index >= 15 is 0 Å². The fourth-order valence-electron chi connectivity index (χ4n) is 6.99. The number of hydrogen-bond donors (Lipinski definition) is 2. The van der Waals surface area contributed by atoms with Crippen LogP contribution < -0.4 is 19.7 Å². The number of carbonyl (C=O) groups is 4. The molecule has 13 nitrogen and oxygen atoms in total. The number of nitrogens with zero attached hydrogens (tertiary/aromatic N) is 3. The minimum atomic E-state index is -3.89. The number of anilines is 1. The third-order valence-electron chi connectivity index (χ3n) is 10.4. The van der Waals surface area contributed by atoms with E-state index in [1.165, 1.54) is 11.0 Å². The lowest BCUT2D eigenvalue weighted by atomic mass is 9.77. The van der Waals surface area contributed by atoms with Gasteiger partial charge in [-0.3, -0.25) is 23.9 Å². The Morgan fingerprint density at radius 3 is 2.56 bits per heavy atom. The van der Waals surface area contributed by atoms with Gasteiger partial charge in [0.15, 0.2) is 0 Å². The Labute approximate surface area is 305 Å². The quantitative estimate of drug-likeness (QED) is 0.317. The van der Waals surface area contributed by atoms with Crippen molar-refractivity contribution in [1.29, 1.82) is 0 Å². The predicted molar refractivity (Wildman–Crippen MR) is 197 cm³/mol. The zero-order valence-corrected chi connectivity index (χ0v) is 31.3. The predicted octanol–water partition coefficient (Wildman–Crippen LogP) is 3.72. The van der Waals surface area contributed by atoms with E-state index in [1.54, 1.807) is 0 Å². The van der Waals surface area contributed by atoms with E-state index in [0.717, 1.165) is 16.3 Å². The van der Waals surface area contributed by atoms with Crippen molar-refractivity contribution >= 4 is 56.4 Å². The molecule has 0 unspecified atom stereocenters. The average molecular weight is 736 g/mol. The number of aromatic nitrogens is 1. The van der Waals surface area contributed by atoms with Gasteiger partial charge in [-0.25, -0.2) is 8.42 Å². The van der Waals surface area contributed by atoms with Crippen LogP contribution in [0.2, 0.25) is 0 Å².